The number of halogens is 2. The molecule has 0 bridgehead atoms. The molecule has 0 saturated carbocycles. The number of aromatic nitrogens is 1. The third-order valence-electron chi connectivity index (χ3n) is 2.20. The van der Waals surface area contributed by atoms with Crippen LogP contribution >= 0.6 is 27.5 Å². The fraction of sp³-hybridized carbons (Fsp3) is 0.0833. The van der Waals surface area contributed by atoms with Crippen LogP contribution in [-0.2, 0) is 6.54 Å². The van der Waals surface area contributed by atoms with E-state index in [-0.39, 0.29) is 5.75 Å². The number of anilines is 1. The number of rotatable bonds is 3. The zero-order valence-electron chi connectivity index (χ0n) is 8.82. The lowest BCUT2D eigenvalue weighted by Crippen LogP contribution is -2.01. The molecule has 0 aliphatic rings. The maximum atomic E-state index is 9.37. The molecule has 1 heterocycles. The first-order valence-electron chi connectivity index (χ1n) is 4.99. The summed E-state index contributed by atoms with van der Waals surface area (Å²) in [5.41, 5.74) is 1.04. The van der Waals surface area contributed by atoms with E-state index in [0.717, 1.165) is 11.4 Å². The van der Waals surface area contributed by atoms with Gasteiger partial charge in [-0.3, -0.25) is 0 Å². The Morgan fingerprint density at radius 2 is 2.12 bits per heavy atom. The summed E-state index contributed by atoms with van der Waals surface area (Å²) in [4.78, 5) is 4.12. The van der Waals surface area contributed by atoms with Gasteiger partial charge in [-0.1, -0.05) is 23.7 Å². The van der Waals surface area contributed by atoms with Crippen LogP contribution in [0, 0.1) is 0 Å². The number of benzene rings is 1. The molecule has 1 aromatic carbocycles. The van der Waals surface area contributed by atoms with Gasteiger partial charge in [-0.05, 0) is 45.8 Å². The summed E-state index contributed by atoms with van der Waals surface area (Å²) >= 11 is 9.05. The third kappa shape index (κ3) is 3.35. The Kier molecular flexibility index (Phi) is 3.86. The Hall–Kier alpha value is -1.26. The number of hydrogen-bond donors (Lipinski definition) is 2. The number of nitrogens with zero attached hydrogens (tertiary/aromatic N) is 1. The molecule has 0 radical (unpaired) electrons. The van der Waals surface area contributed by atoms with Crippen molar-refractivity contribution < 1.29 is 5.11 Å². The highest BCUT2D eigenvalue weighted by Gasteiger charge is 2.00. The maximum Gasteiger partial charge on any atom is 0.131 e. The summed E-state index contributed by atoms with van der Waals surface area (Å²) in [6.45, 7) is 0.617. The summed E-state index contributed by atoms with van der Waals surface area (Å²) in [5.74, 6) is 0.955. The quantitative estimate of drug-likeness (QED) is 0.847. The molecule has 2 aromatic rings. The lowest BCUT2D eigenvalue weighted by molar-refractivity contribution is 0.471. The van der Waals surface area contributed by atoms with E-state index >= 15 is 0 Å². The minimum atomic E-state index is 0.231. The van der Waals surface area contributed by atoms with E-state index in [9.17, 15) is 5.11 Å². The second-order valence-corrected chi connectivity index (χ2v) is 4.73. The topological polar surface area (TPSA) is 45.1 Å². The van der Waals surface area contributed by atoms with Crippen LogP contribution in [0.3, 0.4) is 0 Å². The molecule has 5 heteroatoms. The zero-order valence-corrected chi connectivity index (χ0v) is 11.2. The van der Waals surface area contributed by atoms with Crippen LogP contribution in [0.1, 0.15) is 5.56 Å². The van der Waals surface area contributed by atoms with Crippen molar-refractivity contribution in [2.75, 3.05) is 5.32 Å². The van der Waals surface area contributed by atoms with Gasteiger partial charge < -0.3 is 10.4 Å². The van der Waals surface area contributed by atoms with Gasteiger partial charge >= 0.3 is 0 Å². The SMILES string of the molecule is Oc1ccc(CNc2cccc(Cl)n2)cc1Br. The highest BCUT2D eigenvalue weighted by atomic mass is 79.9. The second kappa shape index (κ2) is 5.38. The van der Waals surface area contributed by atoms with E-state index in [1.807, 2.05) is 24.3 Å². The molecule has 0 fully saturated rings. The van der Waals surface area contributed by atoms with Crippen molar-refractivity contribution in [3.05, 3.63) is 51.6 Å². The molecule has 3 nitrogen and oxygen atoms in total. The largest absolute Gasteiger partial charge is 0.507 e. The summed E-state index contributed by atoms with van der Waals surface area (Å²) in [7, 11) is 0. The van der Waals surface area contributed by atoms with Crippen LogP contribution in [0.15, 0.2) is 40.9 Å². The molecule has 88 valence electrons. The van der Waals surface area contributed by atoms with Crippen molar-refractivity contribution in [3.63, 3.8) is 0 Å². The number of phenolic OH excluding ortho intramolecular Hbond substituents is 1. The first kappa shape index (κ1) is 12.2. The van der Waals surface area contributed by atoms with Gasteiger partial charge in [0, 0.05) is 6.54 Å². The number of nitrogens with one attached hydrogen (secondary N) is 1. The first-order chi connectivity index (χ1) is 8.15. The Balaban J connectivity index is 2.05. The predicted molar refractivity (Wildman–Crippen MR) is 72.4 cm³/mol. The monoisotopic (exact) mass is 312 g/mol. The maximum absolute atomic E-state index is 9.37. The van der Waals surface area contributed by atoms with Crippen molar-refractivity contribution >= 4 is 33.3 Å². The van der Waals surface area contributed by atoms with Crippen molar-refractivity contribution in [1.29, 1.82) is 0 Å². The van der Waals surface area contributed by atoms with Crippen LogP contribution in [0.2, 0.25) is 5.15 Å². The number of phenols is 1. The summed E-state index contributed by atoms with van der Waals surface area (Å²) < 4.78 is 0.677. The van der Waals surface area contributed by atoms with E-state index in [1.165, 1.54) is 0 Å². The Morgan fingerprint density at radius 1 is 1.29 bits per heavy atom. The molecule has 0 atom stereocenters. The van der Waals surface area contributed by atoms with E-state index in [2.05, 4.69) is 26.2 Å². The number of hydrogen-bond acceptors (Lipinski definition) is 3. The van der Waals surface area contributed by atoms with Gasteiger partial charge in [-0.2, -0.15) is 0 Å². The fourth-order valence-corrected chi connectivity index (χ4v) is 1.95. The molecule has 0 unspecified atom stereocenters. The smallest absolute Gasteiger partial charge is 0.131 e. The van der Waals surface area contributed by atoms with Crippen molar-refractivity contribution in [3.8, 4) is 5.75 Å². The molecule has 0 aliphatic carbocycles. The Morgan fingerprint density at radius 3 is 2.82 bits per heavy atom. The number of aromatic hydroxyl groups is 1. The van der Waals surface area contributed by atoms with Gasteiger partial charge in [0.25, 0.3) is 0 Å². The second-order valence-electron chi connectivity index (χ2n) is 3.48. The molecule has 0 amide bonds. The summed E-state index contributed by atoms with van der Waals surface area (Å²) in [5, 5.41) is 13.0. The normalized spacial score (nSPS) is 10.2. The molecule has 2 rings (SSSR count). The lowest BCUT2D eigenvalue weighted by Gasteiger charge is -2.06. The van der Waals surface area contributed by atoms with Crippen LogP contribution < -0.4 is 5.32 Å². The average Bonchev–Trinajstić information content (AvgIpc) is 2.31. The van der Waals surface area contributed by atoms with Gasteiger partial charge in [0.15, 0.2) is 0 Å². The molecule has 0 saturated heterocycles. The molecule has 2 N–H and O–H groups in total. The minimum absolute atomic E-state index is 0.231. The molecular formula is C12H10BrClN2O. The molecule has 17 heavy (non-hydrogen) atoms. The van der Waals surface area contributed by atoms with Crippen molar-refractivity contribution in [1.82, 2.24) is 4.98 Å². The van der Waals surface area contributed by atoms with E-state index in [1.54, 1.807) is 12.1 Å². The van der Waals surface area contributed by atoms with Crippen molar-refractivity contribution in [2.24, 2.45) is 0 Å². The van der Waals surface area contributed by atoms with E-state index in [4.69, 9.17) is 11.6 Å². The highest BCUT2D eigenvalue weighted by molar-refractivity contribution is 9.10. The average molecular weight is 314 g/mol. The van der Waals surface area contributed by atoms with Gasteiger partial charge in [-0.15, -0.1) is 0 Å². The molecule has 0 aliphatic heterocycles. The van der Waals surface area contributed by atoms with Gasteiger partial charge in [0.05, 0.1) is 4.47 Å². The van der Waals surface area contributed by atoms with E-state index < -0.39 is 0 Å². The van der Waals surface area contributed by atoms with Crippen LogP contribution in [0.25, 0.3) is 0 Å². The highest BCUT2D eigenvalue weighted by Crippen LogP contribution is 2.24. The van der Waals surface area contributed by atoms with Gasteiger partial charge in [0.1, 0.15) is 16.7 Å². The molecular weight excluding hydrogens is 304 g/mol. The van der Waals surface area contributed by atoms with Gasteiger partial charge in [-0.25, -0.2) is 4.98 Å². The first-order valence-corrected chi connectivity index (χ1v) is 6.16. The van der Waals surface area contributed by atoms with Crippen LogP contribution in [-0.4, -0.2) is 10.1 Å². The lowest BCUT2D eigenvalue weighted by atomic mass is 10.2. The standard InChI is InChI=1S/C12H10BrClN2O/c13-9-6-8(4-5-10(9)17)7-15-12-3-1-2-11(14)16-12/h1-6,17H,7H2,(H,15,16). The van der Waals surface area contributed by atoms with Crippen LogP contribution in [0.4, 0.5) is 5.82 Å². The number of pyridine rings is 1. The Bertz CT molecular complexity index is 534. The molecule has 1 aromatic heterocycles. The zero-order chi connectivity index (χ0) is 12.3. The summed E-state index contributed by atoms with van der Waals surface area (Å²) in [6.07, 6.45) is 0. The summed E-state index contributed by atoms with van der Waals surface area (Å²) in [6, 6.07) is 10.8. The fourth-order valence-electron chi connectivity index (χ4n) is 1.36. The van der Waals surface area contributed by atoms with Crippen molar-refractivity contribution in [2.45, 2.75) is 6.54 Å². The Labute approximate surface area is 113 Å². The van der Waals surface area contributed by atoms with Crippen LogP contribution in [0.5, 0.6) is 5.75 Å². The predicted octanol–water partition coefficient (Wildman–Crippen LogP) is 3.82. The minimum Gasteiger partial charge on any atom is -0.507 e. The van der Waals surface area contributed by atoms with Gasteiger partial charge in [0.2, 0.25) is 0 Å². The van der Waals surface area contributed by atoms with E-state index in [0.29, 0.717) is 16.2 Å². The third-order valence-corrected chi connectivity index (χ3v) is 3.05. The molecule has 0 spiro atoms.